The summed E-state index contributed by atoms with van der Waals surface area (Å²) in [5.74, 6) is 0.709. The van der Waals surface area contributed by atoms with Crippen molar-refractivity contribution in [2.75, 3.05) is 0 Å². The molecule has 30 heavy (non-hydrogen) atoms. The predicted molar refractivity (Wildman–Crippen MR) is 115 cm³/mol. The first-order valence-corrected chi connectivity index (χ1v) is 9.51. The van der Waals surface area contributed by atoms with Crippen molar-refractivity contribution in [3.05, 3.63) is 79.5 Å². The molecule has 6 rings (SSSR count). The van der Waals surface area contributed by atoms with Gasteiger partial charge in [0.2, 0.25) is 0 Å². The number of imidazole rings is 1. The molecule has 7 nitrogen and oxygen atoms in total. The molecule has 0 amide bonds. The van der Waals surface area contributed by atoms with E-state index in [1.165, 1.54) is 0 Å². The van der Waals surface area contributed by atoms with Crippen LogP contribution in [0.5, 0.6) is 0 Å². The van der Waals surface area contributed by atoms with Crippen LogP contribution in [0.2, 0.25) is 0 Å². The molecule has 0 radical (unpaired) electrons. The van der Waals surface area contributed by atoms with Crippen molar-refractivity contribution in [1.29, 1.82) is 0 Å². The maximum absolute atomic E-state index is 4.89. The van der Waals surface area contributed by atoms with Gasteiger partial charge in [0.1, 0.15) is 5.69 Å². The van der Waals surface area contributed by atoms with Crippen molar-refractivity contribution >= 4 is 21.9 Å². The molecule has 0 saturated carbocycles. The molecule has 0 spiro atoms. The van der Waals surface area contributed by atoms with Crippen LogP contribution in [-0.2, 0) is 0 Å². The number of hydrogen-bond acceptors (Lipinski definition) is 5. The zero-order valence-corrected chi connectivity index (χ0v) is 15.7. The van der Waals surface area contributed by atoms with Gasteiger partial charge in [-0.2, -0.15) is 5.10 Å². The van der Waals surface area contributed by atoms with E-state index in [0.717, 1.165) is 50.0 Å². The van der Waals surface area contributed by atoms with Gasteiger partial charge in [0, 0.05) is 41.3 Å². The van der Waals surface area contributed by atoms with E-state index in [9.17, 15) is 0 Å². The highest BCUT2D eigenvalue weighted by atomic mass is 15.1. The second-order valence-corrected chi connectivity index (χ2v) is 6.95. The SMILES string of the molecule is c1cncc(-c2cc3c(-c4nc5c(-c6ccncc6)cccc5[nH]4)n[nH]c3cn2)c1. The van der Waals surface area contributed by atoms with E-state index in [1.54, 1.807) is 31.0 Å². The van der Waals surface area contributed by atoms with Crippen LogP contribution in [0.4, 0.5) is 0 Å². The minimum absolute atomic E-state index is 0.709. The Morgan fingerprint density at radius 3 is 2.57 bits per heavy atom. The second kappa shape index (κ2) is 6.59. The smallest absolute Gasteiger partial charge is 0.159 e. The zero-order chi connectivity index (χ0) is 19.9. The van der Waals surface area contributed by atoms with E-state index >= 15 is 0 Å². The maximum atomic E-state index is 4.89. The summed E-state index contributed by atoms with van der Waals surface area (Å²) in [6.45, 7) is 0. The molecule has 7 heteroatoms. The molecule has 6 aromatic rings. The highest BCUT2D eigenvalue weighted by molar-refractivity contribution is 5.97. The molecule has 0 aliphatic carbocycles. The lowest BCUT2D eigenvalue weighted by atomic mass is 10.1. The molecule has 0 fully saturated rings. The summed E-state index contributed by atoms with van der Waals surface area (Å²) in [6, 6.07) is 16.0. The number of aromatic nitrogens is 7. The number of rotatable bonds is 3. The zero-order valence-electron chi connectivity index (χ0n) is 15.7. The van der Waals surface area contributed by atoms with Gasteiger partial charge in [-0.3, -0.25) is 20.1 Å². The normalized spacial score (nSPS) is 11.3. The third-order valence-electron chi connectivity index (χ3n) is 5.13. The van der Waals surface area contributed by atoms with Crippen LogP contribution in [0.15, 0.2) is 79.5 Å². The van der Waals surface area contributed by atoms with Crippen molar-refractivity contribution in [3.63, 3.8) is 0 Å². The van der Waals surface area contributed by atoms with Crippen LogP contribution in [0.25, 0.3) is 55.8 Å². The third-order valence-corrected chi connectivity index (χ3v) is 5.13. The van der Waals surface area contributed by atoms with Crippen molar-refractivity contribution in [2.45, 2.75) is 0 Å². The topological polar surface area (TPSA) is 96.0 Å². The Bertz CT molecular complexity index is 1480. The Balaban J connectivity index is 1.52. The van der Waals surface area contributed by atoms with Gasteiger partial charge in [0.25, 0.3) is 0 Å². The van der Waals surface area contributed by atoms with Gasteiger partial charge < -0.3 is 4.98 Å². The van der Waals surface area contributed by atoms with Gasteiger partial charge in [0.05, 0.1) is 28.4 Å². The predicted octanol–water partition coefficient (Wildman–Crippen LogP) is 4.63. The van der Waals surface area contributed by atoms with Crippen LogP contribution in [0.1, 0.15) is 0 Å². The number of para-hydroxylation sites is 1. The van der Waals surface area contributed by atoms with Crippen molar-refractivity contribution in [3.8, 4) is 33.9 Å². The van der Waals surface area contributed by atoms with Crippen LogP contribution in [-0.4, -0.2) is 35.1 Å². The first kappa shape index (κ1) is 16.6. The van der Waals surface area contributed by atoms with E-state index in [0.29, 0.717) is 5.82 Å². The molecule has 0 aliphatic rings. The van der Waals surface area contributed by atoms with Crippen LogP contribution < -0.4 is 0 Å². The van der Waals surface area contributed by atoms with Crippen molar-refractivity contribution < 1.29 is 0 Å². The summed E-state index contributed by atoms with van der Waals surface area (Å²) in [6.07, 6.45) is 8.92. The molecule has 2 N–H and O–H groups in total. The quantitative estimate of drug-likeness (QED) is 0.460. The lowest BCUT2D eigenvalue weighted by Gasteiger charge is -2.01. The maximum Gasteiger partial charge on any atom is 0.159 e. The Kier molecular flexibility index (Phi) is 3.64. The van der Waals surface area contributed by atoms with Crippen molar-refractivity contribution in [1.82, 2.24) is 35.1 Å². The standard InChI is InChI=1S/C23H15N7/c1-4-16(14-6-9-24-10-7-14)21-18(5-1)27-23(28-21)22-17-11-19(15-3-2-8-25-12-15)26-13-20(17)29-30-22/h1-13H,(H,27,28)(H,29,30). The van der Waals surface area contributed by atoms with Crippen LogP contribution in [0.3, 0.4) is 0 Å². The third kappa shape index (κ3) is 2.64. The molecule has 0 bridgehead atoms. The molecule has 0 aliphatic heterocycles. The monoisotopic (exact) mass is 389 g/mol. The van der Waals surface area contributed by atoms with Crippen LogP contribution in [0, 0.1) is 0 Å². The summed E-state index contributed by atoms with van der Waals surface area (Å²) in [4.78, 5) is 21.1. The molecule has 5 aromatic heterocycles. The lowest BCUT2D eigenvalue weighted by molar-refractivity contribution is 1.10. The van der Waals surface area contributed by atoms with Gasteiger partial charge in [-0.1, -0.05) is 12.1 Å². The van der Waals surface area contributed by atoms with E-state index in [4.69, 9.17) is 4.98 Å². The number of aromatic amines is 2. The minimum atomic E-state index is 0.709. The summed E-state index contributed by atoms with van der Waals surface area (Å²) >= 11 is 0. The molecule has 1 aromatic carbocycles. The number of H-pyrrole nitrogens is 2. The number of pyridine rings is 3. The fourth-order valence-corrected chi connectivity index (χ4v) is 3.68. The van der Waals surface area contributed by atoms with Crippen LogP contribution >= 0.6 is 0 Å². The second-order valence-electron chi connectivity index (χ2n) is 6.95. The van der Waals surface area contributed by atoms with Gasteiger partial charge in [-0.25, -0.2) is 4.98 Å². The number of fused-ring (bicyclic) bond motifs is 2. The molecule has 0 atom stereocenters. The Morgan fingerprint density at radius 1 is 0.767 bits per heavy atom. The van der Waals surface area contributed by atoms with Gasteiger partial charge in [-0.15, -0.1) is 0 Å². The Morgan fingerprint density at radius 2 is 1.70 bits per heavy atom. The summed E-state index contributed by atoms with van der Waals surface area (Å²) in [5, 5.41) is 8.53. The van der Waals surface area contributed by atoms with E-state index in [1.807, 2.05) is 42.5 Å². The number of hydrogen-bond donors (Lipinski definition) is 2. The first-order chi connectivity index (χ1) is 14.9. The largest absolute Gasteiger partial charge is 0.337 e. The van der Waals surface area contributed by atoms with E-state index in [2.05, 4.69) is 36.2 Å². The lowest BCUT2D eigenvalue weighted by Crippen LogP contribution is -1.85. The van der Waals surface area contributed by atoms with Gasteiger partial charge in [0.15, 0.2) is 5.82 Å². The molecule has 142 valence electrons. The highest BCUT2D eigenvalue weighted by Gasteiger charge is 2.16. The van der Waals surface area contributed by atoms with Crippen molar-refractivity contribution in [2.24, 2.45) is 0 Å². The molecular formula is C23H15N7. The summed E-state index contributed by atoms with van der Waals surface area (Å²) in [7, 11) is 0. The summed E-state index contributed by atoms with van der Waals surface area (Å²) in [5.41, 5.74) is 7.39. The minimum Gasteiger partial charge on any atom is -0.337 e. The van der Waals surface area contributed by atoms with E-state index in [-0.39, 0.29) is 0 Å². The molecule has 0 unspecified atom stereocenters. The molecule has 0 saturated heterocycles. The molecular weight excluding hydrogens is 374 g/mol. The van der Waals surface area contributed by atoms with Gasteiger partial charge >= 0.3 is 0 Å². The number of nitrogens with zero attached hydrogens (tertiary/aromatic N) is 5. The summed E-state index contributed by atoms with van der Waals surface area (Å²) < 4.78 is 0. The molecule has 5 heterocycles. The Hall–Kier alpha value is -4.39. The number of nitrogens with one attached hydrogen (secondary N) is 2. The Labute approximate surface area is 170 Å². The average Bonchev–Trinajstić information content (AvgIpc) is 3.43. The van der Waals surface area contributed by atoms with Gasteiger partial charge in [-0.05, 0) is 42.0 Å². The van der Waals surface area contributed by atoms with E-state index < -0.39 is 0 Å². The first-order valence-electron chi connectivity index (χ1n) is 9.51. The average molecular weight is 389 g/mol. The number of benzene rings is 1. The highest BCUT2D eigenvalue weighted by Crippen LogP contribution is 2.32. The fourth-order valence-electron chi connectivity index (χ4n) is 3.68. The fraction of sp³-hybridized carbons (Fsp3) is 0.